The number of rotatable bonds is 7. The Morgan fingerprint density at radius 3 is 3.10 bits per heavy atom. The second-order valence-electron chi connectivity index (χ2n) is 7.78. The van der Waals surface area contributed by atoms with Gasteiger partial charge in [-0.1, -0.05) is 18.5 Å². The van der Waals surface area contributed by atoms with E-state index in [0.717, 1.165) is 35.4 Å². The molecule has 1 atom stereocenters. The predicted octanol–water partition coefficient (Wildman–Crippen LogP) is 3.29. The van der Waals surface area contributed by atoms with Gasteiger partial charge < -0.3 is 18.9 Å². The van der Waals surface area contributed by atoms with Gasteiger partial charge in [-0.15, -0.1) is 0 Å². The topological polar surface area (TPSA) is 82.6 Å². The normalized spacial score (nSPS) is 18.0. The van der Waals surface area contributed by atoms with Gasteiger partial charge in [0, 0.05) is 36.6 Å². The van der Waals surface area contributed by atoms with E-state index in [0.29, 0.717) is 44.8 Å². The Morgan fingerprint density at radius 1 is 1.43 bits per heavy atom. The summed E-state index contributed by atoms with van der Waals surface area (Å²) in [7, 11) is 0. The smallest absolute Gasteiger partial charge is 0.410 e. The lowest BCUT2D eigenvalue weighted by molar-refractivity contribution is 0.00164. The molecule has 30 heavy (non-hydrogen) atoms. The second-order valence-corrected chi connectivity index (χ2v) is 7.78. The Bertz CT molecular complexity index is 882. The summed E-state index contributed by atoms with van der Waals surface area (Å²) in [5, 5.41) is 8.93. The highest BCUT2D eigenvalue weighted by atomic mass is 19.3. The molecule has 10 heteroatoms. The summed E-state index contributed by atoms with van der Waals surface area (Å²) in [6.45, 7) is 3.56. The zero-order valence-electron chi connectivity index (χ0n) is 17.0. The number of unbranched alkanes of at least 4 members (excludes halogenated alkanes) is 1. The molecule has 4 heterocycles. The Balaban J connectivity index is 1.55. The maximum absolute atomic E-state index is 12.4. The monoisotopic (exact) mass is 424 g/mol. The maximum atomic E-state index is 12.4. The summed E-state index contributed by atoms with van der Waals surface area (Å²) in [5.74, 6) is -0.0281. The standard InChI is InChI=1S/C20H26F2N4O4/c1-2-3-6-29-20(27)25-5-4-16-15(9-25)19-18-14(11-30-24-18)7-13(8-26(19)23-16)10-28-12-17(21)22/h11,13,17H,2-10,12H2,1H3. The van der Waals surface area contributed by atoms with Crippen LogP contribution in [0, 0.1) is 5.92 Å². The molecule has 1 unspecified atom stereocenters. The molecular formula is C20H26F2N4O4. The molecule has 2 aliphatic heterocycles. The first-order valence-electron chi connectivity index (χ1n) is 10.4. The summed E-state index contributed by atoms with van der Waals surface area (Å²) < 4.78 is 42.5. The van der Waals surface area contributed by atoms with Crippen molar-refractivity contribution in [3.63, 3.8) is 0 Å². The van der Waals surface area contributed by atoms with Crippen LogP contribution >= 0.6 is 0 Å². The van der Waals surface area contributed by atoms with Gasteiger partial charge in [-0.25, -0.2) is 13.6 Å². The molecule has 2 aromatic rings. The lowest BCUT2D eigenvalue weighted by atomic mass is 9.99. The van der Waals surface area contributed by atoms with Gasteiger partial charge in [0.15, 0.2) is 0 Å². The minimum atomic E-state index is -2.49. The third kappa shape index (κ3) is 4.33. The van der Waals surface area contributed by atoms with Gasteiger partial charge >= 0.3 is 6.09 Å². The van der Waals surface area contributed by atoms with Crippen LogP contribution < -0.4 is 0 Å². The van der Waals surface area contributed by atoms with Crippen molar-refractivity contribution >= 4 is 6.09 Å². The number of ether oxygens (including phenoxy) is 2. The largest absolute Gasteiger partial charge is 0.449 e. The number of carbonyl (C=O) groups excluding carboxylic acids is 1. The number of alkyl halides is 2. The first-order chi connectivity index (χ1) is 14.6. The SMILES string of the molecule is CCCCOC(=O)N1CCc2nn3c(c2C1)-c1nocc1CC(COCC(F)F)C3. The van der Waals surface area contributed by atoms with Crippen LogP contribution in [0.15, 0.2) is 10.8 Å². The molecule has 8 nitrogen and oxygen atoms in total. The first kappa shape index (κ1) is 20.8. The van der Waals surface area contributed by atoms with Crippen molar-refractivity contribution in [1.29, 1.82) is 0 Å². The van der Waals surface area contributed by atoms with Crippen LogP contribution in [-0.4, -0.2) is 58.7 Å². The summed E-state index contributed by atoms with van der Waals surface area (Å²) in [6.07, 6.45) is 1.81. The Labute approximate surface area is 173 Å². The lowest BCUT2D eigenvalue weighted by Gasteiger charge is -2.26. The van der Waals surface area contributed by atoms with E-state index in [4.69, 9.17) is 19.1 Å². The number of fused-ring (bicyclic) bond motifs is 5. The van der Waals surface area contributed by atoms with Gasteiger partial charge in [0.25, 0.3) is 6.43 Å². The molecular weight excluding hydrogens is 398 g/mol. The summed E-state index contributed by atoms with van der Waals surface area (Å²) >= 11 is 0. The molecule has 0 aromatic carbocycles. The molecule has 164 valence electrons. The summed E-state index contributed by atoms with van der Waals surface area (Å²) in [5.41, 5.74) is 4.28. The molecule has 0 N–H and O–H groups in total. The van der Waals surface area contributed by atoms with Gasteiger partial charge in [0.2, 0.25) is 0 Å². The number of aromatic nitrogens is 3. The molecule has 0 fully saturated rings. The van der Waals surface area contributed by atoms with Crippen molar-refractivity contribution in [2.75, 3.05) is 26.4 Å². The molecule has 0 bridgehead atoms. The molecule has 0 spiro atoms. The number of nitrogens with zero attached hydrogens (tertiary/aromatic N) is 4. The fourth-order valence-electron chi connectivity index (χ4n) is 4.03. The van der Waals surface area contributed by atoms with Crippen LogP contribution in [0.2, 0.25) is 0 Å². The number of carbonyl (C=O) groups is 1. The molecule has 0 radical (unpaired) electrons. The quantitative estimate of drug-likeness (QED) is 0.635. The fourth-order valence-corrected chi connectivity index (χ4v) is 4.03. The Kier molecular flexibility index (Phi) is 6.31. The van der Waals surface area contributed by atoms with Crippen molar-refractivity contribution < 1.29 is 27.6 Å². The maximum Gasteiger partial charge on any atom is 0.410 e. The van der Waals surface area contributed by atoms with Crippen molar-refractivity contribution in [3.8, 4) is 11.4 Å². The van der Waals surface area contributed by atoms with Gasteiger partial charge in [0.1, 0.15) is 18.6 Å². The average Bonchev–Trinajstić information content (AvgIpc) is 3.27. The molecule has 4 rings (SSSR count). The third-order valence-electron chi connectivity index (χ3n) is 5.49. The van der Waals surface area contributed by atoms with Crippen LogP contribution in [0.5, 0.6) is 0 Å². The highest BCUT2D eigenvalue weighted by Crippen LogP contribution is 2.36. The van der Waals surface area contributed by atoms with Crippen molar-refractivity contribution in [3.05, 3.63) is 23.1 Å². The highest BCUT2D eigenvalue weighted by Gasteiger charge is 2.33. The predicted molar refractivity (Wildman–Crippen MR) is 102 cm³/mol. The van der Waals surface area contributed by atoms with E-state index >= 15 is 0 Å². The van der Waals surface area contributed by atoms with Crippen molar-refractivity contribution in [2.24, 2.45) is 5.92 Å². The Morgan fingerprint density at radius 2 is 2.30 bits per heavy atom. The molecule has 0 saturated heterocycles. The number of hydrogen-bond donors (Lipinski definition) is 0. The van der Waals surface area contributed by atoms with E-state index in [1.807, 2.05) is 11.6 Å². The van der Waals surface area contributed by atoms with Crippen LogP contribution in [0.1, 0.15) is 36.6 Å². The zero-order valence-corrected chi connectivity index (χ0v) is 17.0. The van der Waals surface area contributed by atoms with Gasteiger partial charge in [-0.3, -0.25) is 4.68 Å². The number of hydrogen-bond acceptors (Lipinski definition) is 6. The van der Waals surface area contributed by atoms with Crippen LogP contribution in [0.4, 0.5) is 13.6 Å². The van der Waals surface area contributed by atoms with Gasteiger partial charge in [-0.05, 0) is 12.8 Å². The molecule has 2 aromatic heterocycles. The Hall–Kier alpha value is -2.49. The van der Waals surface area contributed by atoms with E-state index in [1.54, 1.807) is 11.2 Å². The van der Waals surface area contributed by atoms with Crippen LogP contribution in [0.3, 0.4) is 0 Å². The molecule has 0 aliphatic carbocycles. The highest BCUT2D eigenvalue weighted by molar-refractivity contribution is 5.70. The minimum Gasteiger partial charge on any atom is -0.449 e. The second kappa shape index (κ2) is 9.11. The fraction of sp³-hybridized carbons (Fsp3) is 0.650. The van der Waals surface area contributed by atoms with E-state index in [1.165, 1.54) is 0 Å². The van der Waals surface area contributed by atoms with Gasteiger partial charge in [0.05, 0.1) is 31.1 Å². The first-order valence-corrected chi connectivity index (χ1v) is 10.4. The average molecular weight is 424 g/mol. The van der Waals surface area contributed by atoms with E-state index in [2.05, 4.69) is 5.16 Å². The molecule has 0 saturated carbocycles. The van der Waals surface area contributed by atoms with E-state index in [9.17, 15) is 13.6 Å². The number of halogens is 2. The van der Waals surface area contributed by atoms with Crippen LogP contribution in [0.25, 0.3) is 11.4 Å². The lowest BCUT2D eigenvalue weighted by Crippen LogP contribution is -2.36. The van der Waals surface area contributed by atoms with Crippen LogP contribution in [-0.2, 0) is 35.4 Å². The summed E-state index contributed by atoms with van der Waals surface area (Å²) in [4.78, 5) is 14.1. The summed E-state index contributed by atoms with van der Waals surface area (Å²) in [6, 6.07) is 0. The number of amides is 1. The van der Waals surface area contributed by atoms with E-state index in [-0.39, 0.29) is 18.6 Å². The minimum absolute atomic E-state index is 0.0281. The van der Waals surface area contributed by atoms with Gasteiger partial charge in [-0.2, -0.15) is 5.10 Å². The molecule has 1 amide bonds. The zero-order chi connectivity index (χ0) is 21.1. The van der Waals surface area contributed by atoms with Crippen molar-refractivity contribution in [2.45, 2.75) is 52.1 Å². The third-order valence-corrected chi connectivity index (χ3v) is 5.49. The van der Waals surface area contributed by atoms with E-state index < -0.39 is 13.0 Å². The molecule has 2 aliphatic rings. The van der Waals surface area contributed by atoms with Crippen molar-refractivity contribution in [1.82, 2.24) is 19.8 Å².